The maximum absolute atomic E-state index is 11.7. The third-order valence-electron chi connectivity index (χ3n) is 4.19. The van der Waals surface area contributed by atoms with Gasteiger partial charge < -0.3 is 15.5 Å². The number of amides is 2. The quantitative estimate of drug-likeness (QED) is 0.888. The largest absolute Gasteiger partial charge is 0.372 e. The van der Waals surface area contributed by atoms with Crippen LogP contribution in [-0.4, -0.2) is 25.2 Å². The van der Waals surface area contributed by atoms with Crippen molar-refractivity contribution in [1.82, 2.24) is 5.32 Å². The van der Waals surface area contributed by atoms with Crippen LogP contribution in [0.5, 0.6) is 0 Å². The molecule has 0 spiro atoms. The Kier molecular flexibility index (Phi) is 3.81. The van der Waals surface area contributed by atoms with Crippen molar-refractivity contribution in [2.45, 2.75) is 38.6 Å². The van der Waals surface area contributed by atoms with Gasteiger partial charge in [-0.3, -0.25) is 0 Å². The van der Waals surface area contributed by atoms with E-state index in [1.165, 1.54) is 18.5 Å². The minimum Gasteiger partial charge on any atom is -0.372 e. The second-order valence-electron chi connectivity index (χ2n) is 6.09. The third kappa shape index (κ3) is 3.44. The van der Waals surface area contributed by atoms with Crippen LogP contribution in [-0.2, 0) is 0 Å². The molecular formula is C16H23N3O. The zero-order valence-corrected chi connectivity index (χ0v) is 12.1. The summed E-state index contributed by atoms with van der Waals surface area (Å²) in [6.07, 6.45) is 4.76. The van der Waals surface area contributed by atoms with E-state index in [9.17, 15) is 4.79 Å². The number of rotatable bonds is 3. The fourth-order valence-electron chi connectivity index (χ4n) is 2.60. The van der Waals surface area contributed by atoms with Crippen LogP contribution in [0.25, 0.3) is 0 Å². The smallest absolute Gasteiger partial charge is 0.319 e. The highest BCUT2D eigenvalue weighted by atomic mass is 16.2. The summed E-state index contributed by atoms with van der Waals surface area (Å²) in [6, 6.07) is 8.47. The molecule has 108 valence electrons. The van der Waals surface area contributed by atoms with Crippen LogP contribution < -0.4 is 15.5 Å². The van der Waals surface area contributed by atoms with Gasteiger partial charge >= 0.3 is 6.03 Å². The number of nitrogens with one attached hydrogen (secondary N) is 2. The van der Waals surface area contributed by atoms with Crippen molar-refractivity contribution in [2.24, 2.45) is 5.92 Å². The molecule has 1 aromatic rings. The summed E-state index contributed by atoms with van der Waals surface area (Å²) in [5, 5.41) is 5.81. The molecule has 1 aromatic carbocycles. The lowest BCUT2D eigenvalue weighted by molar-refractivity contribution is 0.251. The van der Waals surface area contributed by atoms with Crippen molar-refractivity contribution in [2.75, 3.05) is 23.3 Å². The highest BCUT2D eigenvalue weighted by Crippen LogP contribution is 2.24. The highest BCUT2D eigenvalue weighted by molar-refractivity contribution is 5.89. The van der Waals surface area contributed by atoms with E-state index in [-0.39, 0.29) is 6.03 Å². The molecule has 0 bridgehead atoms. The number of carbonyl (C=O) groups is 1. The molecule has 2 amide bonds. The molecule has 3 rings (SSSR count). The first-order valence-electron chi connectivity index (χ1n) is 7.63. The summed E-state index contributed by atoms with van der Waals surface area (Å²) in [4.78, 5) is 14.1. The number of urea groups is 1. The van der Waals surface area contributed by atoms with Crippen LogP contribution in [0.4, 0.5) is 16.2 Å². The Morgan fingerprint density at radius 1 is 1.10 bits per heavy atom. The van der Waals surface area contributed by atoms with Gasteiger partial charge in [-0.25, -0.2) is 4.79 Å². The molecule has 1 aliphatic carbocycles. The fraction of sp³-hybridized carbons (Fsp3) is 0.562. The van der Waals surface area contributed by atoms with Crippen LogP contribution in [0.1, 0.15) is 32.6 Å². The van der Waals surface area contributed by atoms with Crippen LogP contribution in [0, 0.1) is 5.92 Å². The Balaban J connectivity index is 1.55. The van der Waals surface area contributed by atoms with Crippen molar-refractivity contribution >= 4 is 17.4 Å². The van der Waals surface area contributed by atoms with Crippen LogP contribution in [0.15, 0.2) is 24.3 Å². The molecule has 0 aromatic heterocycles. The van der Waals surface area contributed by atoms with E-state index < -0.39 is 0 Å². The van der Waals surface area contributed by atoms with E-state index in [1.807, 2.05) is 12.1 Å². The molecule has 1 aliphatic heterocycles. The van der Waals surface area contributed by atoms with E-state index in [0.29, 0.717) is 6.04 Å². The average Bonchev–Trinajstić information content (AvgIpc) is 3.24. The minimum atomic E-state index is -0.0907. The topological polar surface area (TPSA) is 44.4 Å². The number of hydrogen-bond donors (Lipinski definition) is 2. The van der Waals surface area contributed by atoms with Gasteiger partial charge in [0.2, 0.25) is 0 Å². The number of nitrogens with zero attached hydrogens (tertiary/aromatic N) is 1. The molecular weight excluding hydrogens is 250 g/mol. The molecule has 2 aliphatic rings. The number of anilines is 2. The minimum absolute atomic E-state index is 0.0907. The molecule has 0 radical (unpaired) electrons. The number of piperidine rings is 1. The summed E-state index contributed by atoms with van der Waals surface area (Å²) in [5.41, 5.74) is 2.11. The first-order valence-corrected chi connectivity index (χ1v) is 7.63. The van der Waals surface area contributed by atoms with Gasteiger partial charge in [0.1, 0.15) is 0 Å². The monoisotopic (exact) mass is 273 g/mol. The lowest BCUT2D eigenvalue weighted by Crippen LogP contribution is -2.32. The lowest BCUT2D eigenvalue weighted by Gasteiger charge is -2.32. The zero-order valence-electron chi connectivity index (χ0n) is 12.1. The van der Waals surface area contributed by atoms with Gasteiger partial charge in [0.15, 0.2) is 0 Å². The molecule has 1 saturated heterocycles. The summed E-state index contributed by atoms with van der Waals surface area (Å²) in [6.45, 7) is 4.59. The van der Waals surface area contributed by atoms with Crippen LogP contribution >= 0.6 is 0 Å². The van der Waals surface area contributed by atoms with Gasteiger partial charge in [0.05, 0.1) is 0 Å². The Labute approximate surface area is 120 Å². The Bertz CT molecular complexity index is 459. The van der Waals surface area contributed by atoms with Gasteiger partial charge in [-0.1, -0.05) is 6.92 Å². The molecule has 0 atom stereocenters. The maximum atomic E-state index is 11.7. The summed E-state index contributed by atoms with van der Waals surface area (Å²) in [7, 11) is 0. The van der Waals surface area contributed by atoms with Gasteiger partial charge in [-0.05, 0) is 55.9 Å². The second kappa shape index (κ2) is 5.73. The average molecular weight is 273 g/mol. The number of benzene rings is 1. The van der Waals surface area contributed by atoms with E-state index in [1.54, 1.807) is 0 Å². The highest BCUT2D eigenvalue weighted by Gasteiger charge is 2.23. The second-order valence-corrected chi connectivity index (χ2v) is 6.09. The zero-order chi connectivity index (χ0) is 13.9. The van der Waals surface area contributed by atoms with Gasteiger partial charge in [0, 0.05) is 30.5 Å². The Morgan fingerprint density at radius 3 is 2.35 bits per heavy atom. The van der Waals surface area contributed by atoms with Crippen molar-refractivity contribution in [1.29, 1.82) is 0 Å². The number of carbonyl (C=O) groups excluding carboxylic acids is 1. The van der Waals surface area contributed by atoms with E-state index >= 15 is 0 Å². The van der Waals surface area contributed by atoms with E-state index in [0.717, 1.165) is 37.5 Å². The Morgan fingerprint density at radius 2 is 1.75 bits per heavy atom. The van der Waals surface area contributed by atoms with Gasteiger partial charge in [-0.2, -0.15) is 0 Å². The van der Waals surface area contributed by atoms with Gasteiger partial charge in [0.25, 0.3) is 0 Å². The van der Waals surface area contributed by atoms with E-state index in [4.69, 9.17) is 0 Å². The predicted molar refractivity (Wildman–Crippen MR) is 82.2 cm³/mol. The summed E-state index contributed by atoms with van der Waals surface area (Å²) in [5.74, 6) is 0.846. The summed E-state index contributed by atoms with van der Waals surface area (Å²) >= 11 is 0. The molecule has 20 heavy (non-hydrogen) atoms. The first-order chi connectivity index (χ1) is 9.70. The van der Waals surface area contributed by atoms with Crippen molar-refractivity contribution in [3.05, 3.63) is 24.3 Å². The fourth-order valence-corrected chi connectivity index (χ4v) is 2.60. The Hall–Kier alpha value is -1.71. The van der Waals surface area contributed by atoms with Gasteiger partial charge in [-0.15, -0.1) is 0 Å². The van der Waals surface area contributed by atoms with Crippen molar-refractivity contribution in [3.63, 3.8) is 0 Å². The standard InChI is InChI=1S/C16H23N3O/c1-12-8-10-19(11-9-12)15-6-4-14(5-7-15)18-16(20)17-13-2-3-13/h4-7,12-13H,2-3,8-11H2,1H3,(H2,17,18,20). The predicted octanol–water partition coefficient (Wildman–Crippen LogP) is 3.21. The molecule has 1 saturated carbocycles. The molecule has 4 nitrogen and oxygen atoms in total. The normalized spacial score (nSPS) is 19.8. The lowest BCUT2D eigenvalue weighted by atomic mass is 9.99. The van der Waals surface area contributed by atoms with E-state index in [2.05, 4.69) is 34.6 Å². The molecule has 1 heterocycles. The first kappa shape index (κ1) is 13.3. The molecule has 4 heteroatoms. The van der Waals surface area contributed by atoms with Crippen LogP contribution in [0.2, 0.25) is 0 Å². The van der Waals surface area contributed by atoms with Crippen LogP contribution in [0.3, 0.4) is 0 Å². The maximum Gasteiger partial charge on any atom is 0.319 e. The molecule has 2 N–H and O–H groups in total. The SMILES string of the molecule is CC1CCN(c2ccc(NC(=O)NC3CC3)cc2)CC1. The molecule has 2 fully saturated rings. The summed E-state index contributed by atoms with van der Waals surface area (Å²) < 4.78 is 0. The van der Waals surface area contributed by atoms with Crippen molar-refractivity contribution < 1.29 is 4.79 Å². The molecule has 0 unspecified atom stereocenters. The third-order valence-corrected chi connectivity index (χ3v) is 4.19. The number of hydrogen-bond acceptors (Lipinski definition) is 2. The van der Waals surface area contributed by atoms with Crippen molar-refractivity contribution in [3.8, 4) is 0 Å².